The maximum Gasteiger partial charge on any atom is 0.338 e. The molecule has 1 aliphatic rings. The van der Waals surface area contributed by atoms with Gasteiger partial charge in [-0.1, -0.05) is 12.1 Å². The van der Waals surface area contributed by atoms with Gasteiger partial charge in [-0.05, 0) is 44.2 Å². The van der Waals surface area contributed by atoms with Crippen molar-refractivity contribution in [1.82, 2.24) is 9.97 Å². The van der Waals surface area contributed by atoms with Gasteiger partial charge in [-0.15, -0.1) is 11.8 Å². The first-order chi connectivity index (χ1) is 13.4. The van der Waals surface area contributed by atoms with Crippen LogP contribution in [0.25, 0.3) is 10.9 Å². The minimum Gasteiger partial charge on any atom is -0.451 e. The van der Waals surface area contributed by atoms with Crippen molar-refractivity contribution in [3.63, 3.8) is 0 Å². The van der Waals surface area contributed by atoms with E-state index in [-0.39, 0.29) is 22.5 Å². The van der Waals surface area contributed by atoms with E-state index in [1.807, 2.05) is 6.92 Å². The molecule has 2 atom stereocenters. The van der Waals surface area contributed by atoms with E-state index in [1.54, 1.807) is 49.4 Å². The summed E-state index contributed by atoms with van der Waals surface area (Å²) in [4.78, 5) is 44.5. The lowest BCUT2D eigenvalue weighted by molar-refractivity contribution is -0.115. The van der Waals surface area contributed by atoms with Gasteiger partial charge >= 0.3 is 5.97 Å². The molecule has 2 N–H and O–H groups in total. The van der Waals surface area contributed by atoms with Gasteiger partial charge in [-0.25, -0.2) is 9.78 Å². The molecule has 3 aromatic rings. The molecule has 142 valence electrons. The molecule has 4 rings (SSSR count). The predicted molar refractivity (Wildman–Crippen MR) is 107 cm³/mol. The van der Waals surface area contributed by atoms with Crippen LogP contribution in [-0.2, 0) is 9.53 Å². The van der Waals surface area contributed by atoms with E-state index in [4.69, 9.17) is 4.74 Å². The Kier molecular flexibility index (Phi) is 4.64. The molecule has 0 aliphatic carbocycles. The van der Waals surface area contributed by atoms with Gasteiger partial charge in [-0.3, -0.25) is 9.59 Å². The van der Waals surface area contributed by atoms with Crippen molar-refractivity contribution in [3.8, 4) is 0 Å². The fourth-order valence-electron chi connectivity index (χ4n) is 2.92. The number of H-pyrrole nitrogens is 1. The van der Waals surface area contributed by atoms with E-state index in [9.17, 15) is 14.4 Å². The van der Waals surface area contributed by atoms with Crippen molar-refractivity contribution in [2.24, 2.45) is 0 Å². The molecule has 0 saturated heterocycles. The highest BCUT2D eigenvalue weighted by molar-refractivity contribution is 8.00. The van der Waals surface area contributed by atoms with Gasteiger partial charge in [0, 0.05) is 4.90 Å². The monoisotopic (exact) mass is 395 g/mol. The summed E-state index contributed by atoms with van der Waals surface area (Å²) in [7, 11) is 0. The molecule has 1 amide bonds. The Morgan fingerprint density at radius 3 is 2.82 bits per heavy atom. The predicted octanol–water partition coefficient (Wildman–Crippen LogP) is 3.27. The van der Waals surface area contributed by atoms with Crippen LogP contribution in [-0.4, -0.2) is 27.1 Å². The van der Waals surface area contributed by atoms with Gasteiger partial charge in [0.25, 0.3) is 5.56 Å². The number of fused-ring (bicyclic) bond motifs is 2. The van der Waals surface area contributed by atoms with E-state index in [2.05, 4.69) is 15.3 Å². The number of carbonyl (C=O) groups excluding carboxylic acids is 2. The normalized spacial score (nSPS) is 16.9. The zero-order valence-corrected chi connectivity index (χ0v) is 16.0. The second-order valence-corrected chi connectivity index (χ2v) is 7.86. The average molecular weight is 395 g/mol. The van der Waals surface area contributed by atoms with Gasteiger partial charge < -0.3 is 15.0 Å². The Morgan fingerprint density at radius 1 is 1.21 bits per heavy atom. The number of ether oxygens (including phenoxy) is 1. The average Bonchev–Trinajstić information content (AvgIpc) is 2.68. The Labute approximate surface area is 164 Å². The van der Waals surface area contributed by atoms with Crippen LogP contribution in [0.1, 0.15) is 36.1 Å². The first kappa shape index (κ1) is 18.2. The molecule has 0 fully saturated rings. The summed E-state index contributed by atoms with van der Waals surface area (Å²) >= 11 is 1.44. The molecule has 28 heavy (non-hydrogen) atoms. The van der Waals surface area contributed by atoms with E-state index >= 15 is 0 Å². The van der Waals surface area contributed by atoms with Crippen LogP contribution in [0.5, 0.6) is 0 Å². The van der Waals surface area contributed by atoms with Crippen LogP contribution in [0.15, 0.2) is 52.2 Å². The SMILES string of the molecule is C[C@H](OC(=O)c1ccc2c(c1)NC(=O)[C@@H](C)S2)c1nc2ccccc2c(=O)[nH]1. The van der Waals surface area contributed by atoms with Crippen LogP contribution in [0, 0.1) is 0 Å². The summed E-state index contributed by atoms with van der Waals surface area (Å²) < 4.78 is 5.47. The lowest BCUT2D eigenvalue weighted by Crippen LogP contribution is -2.26. The van der Waals surface area contributed by atoms with Gasteiger partial charge in [-0.2, -0.15) is 0 Å². The number of para-hydroxylation sites is 1. The number of carbonyl (C=O) groups is 2. The topological polar surface area (TPSA) is 101 Å². The number of hydrogen-bond donors (Lipinski definition) is 2. The molecule has 8 heteroatoms. The largest absolute Gasteiger partial charge is 0.451 e. The standard InChI is InChI=1S/C20H17N3O4S/c1-10(17-21-14-6-4-3-5-13(14)19(25)23-17)27-20(26)12-7-8-16-15(9-12)22-18(24)11(2)28-16/h3-11H,1-2H3,(H,22,24)(H,21,23,25)/t10-,11+/m0/s1. The summed E-state index contributed by atoms with van der Waals surface area (Å²) in [5.41, 5.74) is 1.15. The lowest BCUT2D eigenvalue weighted by Gasteiger charge is -2.21. The summed E-state index contributed by atoms with van der Waals surface area (Å²) in [6.45, 7) is 3.47. The number of hydrogen-bond acceptors (Lipinski definition) is 6. The van der Waals surface area contributed by atoms with Crippen LogP contribution in [0.2, 0.25) is 0 Å². The van der Waals surface area contributed by atoms with E-state index in [0.717, 1.165) is 4.90 Å². The van der Waals surface area contributed by atoms with Crippen LogP contribution < -0.4 is 10.9 Å². The van der Waals surface area contributed by atoms with Crippen LogP contribution >= 0.6 is 11.8 Å². The number of amides is 1. The first-order valence-corrected chi connectivity index (χ1v) is 9.62. The minimum absolute atomic E-state index is 0.102. The lowest BCUT2D eigenvalue weighted by atomic mass is 10.2. The van der Waals surface area contributed by atoms with E-state index in [1.165, 1.54) is 11.8 Å². The third kappa shape index (κ3) is 3.38. The van der Waals surface area contributed by atoms with E-state index < -0.39 is 12.1 Å². The maximum atomic E-state index is 12.5. The molecule has 2 heterocycles. The number of nitrogens with one attached hydrogen (secondary N) is 2. The van der Waals surface area contributed by atoms with E-state index in [0.29, 0.717) is 22.2 Å². The highest BCUT2D eigenvalue weighted by atomic mass is 32.2. The van der Waals surface area contributed by atoms with Crippen LogP contribution in [0.3, 0.4) is 0 Å². The summed E-state index contributed by atoms with van der Waals surface area (Å²) in [5, 5.41) is 3.08. The van der Waals surface area contributed by atoms with Crippen molar-refractivity contribution in [3.05, 3.63) is 64.2 Å². The number of nitrogens with zero attached hydrogens (tertiary/aromatic N) is 1. The number of benzene rings is 2. The Bertz CT molecular complexity index is 1160. The third-order valence-electron chi connectivity index (χ3n) is 4.45. The van der Waals surface area contributed by atoms with Gasteiger partial charge in [0.05, 0.1) is 27.4 Å². The molecular weight excluding hydrogens is 378 g/mol. The molecule has 0 spiro atoms. The number of rotatable bonds is 3. The summed E-state index contributed by atoms with van der Waals surface area (Å²) in [5.74, 6) is -0.397. The number of aromatic amines is 1. The molecule has 0 saturated carbocycles. The summed E-state index contributed by atoms with van der Waals surface area (Å²) in [6, 6.07) is 12.0. The molecule has 0 unspecified atom stereocenters. The molecular formula is C20H17N3O4S. The molecule has 7 nitrogen and oxygen atoms in total. The zero-order valence-electron chi connectivity index (χ0n) is 15.2. The van der Waals surface area contributed by atoms with Crippen molar-refractivity contribution in [2.45, 2.75) is 30.1 Å². The quantitative estimate of drug-likeness (QED) is 0.660. The van der Waals surface area contributed by atoms with Crippen molar-refractivity contribution in [2.75, 3.05) is 5.32 Å². The molecule has 1 aromatic heterocycles. The smallest absolute Gasteiger partial charge is 0.338 e. The van der Waals surface area contributed by atoms with Crippen molar-refractivity contribution >= 4 is 40.2 Å². The molecule has 0 radical (unpaired) electrons. The Morgan fingerprint density at radius 2 is 2.00 bits per heavy atom. The number of esters is 1. The van der Waals surface area contributed by atoms with Gasteiger partial charge in [0.1, 0.15) is 0 Å². The Hall–Kier alpha value is -3.13. The summed E-state index contributed by atoms with van der Waals surface area (Å²) in [6.07, 6.45) is -0.746. The number of anilines is 1. The highest BCUT2D eigenvalue weighted by Gasteiger charge is 2.24. The fourth-order valence-corrected chi connectivity index (χ4v) is 3.85. The first-order valence-electron chi connectivity index (χ1n) is 8.74. The number of thioether (sulfide) groups is 1. The number of aromatic nitrogens is 2. The fraction of sp³-hybridized carbons (Fsp3) is 0.200. The molecule has 1 aliphatic heterocycles. The van der Waals surface area contributed by atoms with Crippen molar-refractivity contribution in [1.29, 1.82) is 0 Å². The zero-order chi connectivity index (χ0) is 19.8. The van der Waals surface area contributed by atoms with Gasteiger partial charge in [0.15, 0.2) is 11.9 Å². The third-order valence-corrected chi connectivity index (χ3v) is 5.62. The molecule has 0 bridgehead atoms. The highest BCUT2D eigenvalue weighted by Crippen LogP contribution is 2.36. The Balaban J connectivity index is 1.56. The molecule has 2 aromatic carbocycles. The minimum atomic E-state index is -0.746. The second-order valence-electron chi connectivity index (χ2n) is 6.48. The second kappa shape index (κ2) is 7.12. The van der Waals surface area contributed by atoms with Crippen LogP contribution in [0.4, 0.5) is 5.69 Å². The maximum absolute atomic E-state index is 12.5. The van der Waals surface area contributed by atoms with Gasteiger partial charge in [0.2, 0.25) is 5.91 Å². The van der Waals surface area contributed by atoms with Crippen molar-refractivity contribution < 1.29 is 14.3 Å².